The predicted molar refractivity (Wildman–Crippen MR) is 133 cm³/mol. The molecule has 11 heteroatoms. The van der Waals surface area contributed by atoms with Crippen molar-refractivity contribution in [2.45, 2.75) is 52.3 Å². The van der Waals surface area contributed by atoms with Crippen molar-refractivity contribution in [3.8, 4) is 0 Å². The normalized spacial score (nSPS) is 14.0. The van der Waals surface area contributed by atoms with Gasteiger partial charge >= 0.3 is 6.18 Å². The molecule has 1 amide bonds. The van der Waals surface area contributed by atoms with Crippen molar-refractivity contribution in [1.82, 2.24) is 20.3 Å². The third-order valence-corrected chi connectivity index (χ3v) is 6.28. The lowest BCUT2D eigenvalue weighted by Gasteiger charge is -2.16. The highest BCUT2D eigenvalue weighted by atomic mass is 19.4. The van der Waals surface area contributed by atoms with Crippen LogP contribution in [0.5, 0.6) is 0 Å². The van der Waals surface area contributed by atoms with Crippen molar-refractivity contribution in [2.24, 2.45) is 5.41 Å². The maximum atomic E-state index is 13.4. The number of pyridine rings is 1. The molecule has 0 unspecified atom stereocenters. The fourth-order valence-corrected chi connectivity index (χ4v) is 3.98. The third-order valence-electron chi connectivity index (χ3n) is 6.28. The van der Waals surface area contributed by atoms with Crippen LogP contribution in [0, 0.1) is 12.3 Å². The van der Waals surface area contributed by atoms with Gasteiger partial charge in [-0.15, -0.1) is 0 Å². The minimum atomic E-state index is -4.50. The molecule has 0 saturated heterocycles. The van der Waals surface area contributed by atoms with Gasteiger partial charge in [0.2, 0.25) is 5.91 Å². The molecular formula is C27H26F3N5O3. The first-order valence-electron chi connectivity index (χ1n) is 12.0. The van der Waals surface area contributed by atoms with E-state index in [0.717, 1.165) is 6.07 Å². The topological polar surface area (TPSA) is 114 Å². The van der Waals surface area contributed by atoms with Crippen molar-refractivity contribution in [2.75, 3.05) is 5.32 Å². The van der Waals surface area contributed by atoms with Crippen LogP contribution in [0.25, 0.3) is 0 Å². The first-order valence-corrected chi connectivity index (χ1v) is 12.0. The number of nitrogens with zero attached hydrogens (tertiary/aromatic N) is 3. The summed E-state index contributed by atoms with van der Waals surface area (Å²) in [6.07, 6.45) is 0.885. The highest BCUT2D eigenvalue weighted by molar-refractivity contribution is 6.00. The molecule has 198 valence electrons. The lowest BCUT2D eigenvalue weighted by Crippen LogP contribution is -2.33. The number of anilines is 2. The molecule has 1 aliphatic carbocycles. The van der Waals surface area contributed by atoms with Gasteiger partial charge in [0.1, 0.15) is 11.6 Å². The molecule has 38 heavy (non-hydrogen) atoms. The molecule has 2 heterocycles. The van der Waals surface area contributed by atoms with Gasteiger partial charge in [-0.05, 0) is 51.0 Å². The highest BCUT2D eigenvalue weighted by Gasteiger charge is 2.51. The number of rotatable bonds is 10. The van der Waals surface area contributed by atoms with Crippen LogP contribution in [0.3, 0.4) is 0 Å². The van der Waals surface area contributed by atoms with Gasteiger partial charge in [0.25, 0.3) is 0 Å². The molecule has 0 spiro atoms. The first-order chi connectivity index (χ1) is 17.9. The smallest absolute Gasteiger partial charge is 0.354 e. The average Bonchev–Trinajstić information content (AvgIpc) is 3.64. The molecular weight excluding hydrogens is 499 g/mol. The Balaban J connectivity index is 1.32. The summed E-state index contributed by atoms with van der Waals surface area (Å²) < 4.78 is 40.1. The van der Waals surface area contributed by atoms with Crippen LogP contribution >= 0.6 is 0 Å². The Morgan fingerprint density at radius 1 is 1.00 bits per heavy atom. The maximum absolute atomic E-state index is 13.4. The van der Waals surface area contributed by atoms with Crippen LogP contribution in [0.2, 0.25) is 0 Å². The largest absolute Gasteiger partial charge is 0.418 e. The molecule has 1 aromatic carbocycles. The fraction of sp³-hybridized carbons (Fsp3) is 0.333. The molecule has 0 atom stereocenters. The summed E-state index contributed by atoms with van der Waals surface area (Å²) in [6, 6.07) is 7.23. The van der Waals surface area contributed by atoms with Crippen LogP contribution in [0.4, 0.5) is 24.5 Å². The van der Waals surface area contributed by atoms with Crippen molar-refractivity contribution in [3.05, 3.63) is 77.1 Å². The quantitative estimate of drug-likeness (QED) is 0.368. The second-order valence-electron chi connectivity index (χ2n) is 9.54. The minimum absolute atomic E-state index is 0.0165. The number of hydrogen-bond donors (Lipinski definition) is 2. The van der Waals surface area contributed by atoms with E-state index in [1.165, 1.54) is 31.6 Å². The molecule has 0 radical (unpaired) electrons. The summed E-state index contributed by atoms with van der Waals surface area (Å²) in [6.45, 7) is 3.13. The summed E-state index contributed by atoms with van der Waals surface area (Å²) in [5, 5.41) is 5.55. The number of benzene rings is 1. The lowest BCUT2D eigenvalue weighted by atomic mass is 9.95. The number of hydrogen-bond acceptors (Lipinski definition) is 7. The Hall–Kier alpha value is -4.15. The molecule has 0 bridgehead atoms. The van der Waals surface area contributed by atoms with Crippen LogP contribution in [0.1, 0.15) is 59.2 Å². The van der Waals surface area contributed by atoms with Gasteiger partial charge in [0.15, 0.2) is 5.78 Å². The van der Waals surface area contributed by atoms with Crippen LogP contribution in [0.15, 0.2) is 48.9 Å². The van der Waals surface area contributed by atoms with Crippen molar-refractivity contribution >= 4 is 28.8 Å². The lowest BCUT2D eigenvalue weighted by molar-refractivity contribution is -0.137. The van der Waals surface area contributed by atoms with E-state index in [9.17, 15) is 27.6 Å². The minimum Gasteiger partial charge on any atom is -0.354 e. The number of nitrogens with one attached hydrogen (secondary N) is 2. The van der Waals surface area contributed by atoms with Crippen LogP contribution in [-0.2, 0) is 28.7 Å². The van der Waals surface area contributed by atoms with Crippen molar-refractivity contribution in [1.29, 1.82) is 0 Å². The second kappa shape index (κ2) is 10.7. The van der Waals surface area contributed by atoms with Gasteiger partial charge in [-0.25, -0.2) is 9.97 Å². The van der Waals surface area contributed by atoms with Gasteiger partial charge < -0.3 is 10.6 Å². The SMILES string of the molecule is CC(=O)Cc1ncc(C(=O)CC2(C(=O)NCc3ccc(Nc4ccc(C)cc4C(F)(F)F)cn3)CC2)cn1. The molecule has 1 aliphatic rings. The van der Waals surface area contributed by atoms with E-state index in [1.807, 2.05) is 0 Å². The number of amides is 1. The first kappa shape index (κ1) is 26.9. The summed E-state index contributed by atoms with van der Waals surface area (Å²) in [5.74, 6) is -0.269. The molecule has 2 aromatic heterocycles. The molecule has 0 aliphatic heterocycles. The summed E-state index contributed by atoms with van der Waals surface area (Å²) in [5.41, 5.74) is 0.0230. The zero-order valence-corrected chi connectivity index (χ0v) is 20.9. The number of carbonyl (C=O) groups is 3. The summed E-state index contributed by atoms with van der Waals surface area (Å²) in [7, 11) is 0. The third kappa shape index (κ3) is 6.58. The Morgan fingerprint density at radius 3 is 2.29 bits per heavy atom. The Bertz CT molecular complexity index is 1350. The van der Waals surface area contributed by atoms with E-state index in [4.69, 9.17) is 0 Å². The number of aromatic nitrogens is 3. The number of Topliss-reactive ketones (excluding diaryl/α,β-unsaturated/α-hetero) is 2. The summed E-state index contributed by atoms with van der Waals surface area (Å²) in [4.78, 5) is 49.0. The van der Waals surface area contributed by atoms with E-state index >= 15 is 0 Å². The number of halogens is 3. The molecule has 2 N–H and O–H groups in total. The number of carbonyl (C=O) groups excluding carboxylic acids is 3. The van der Waals surface area contributed by atoms with Gasteiger partial charge in [-0.3, -0.25) is 19.4 Å². The van der Waals surface area contributed by atoms with E-state index in [1.54, 1.807) is 25.1 Å². The zero-order valence-electron chi connectivity index (χ0n) is 20.9. The monoisotopic (exact) mass is 525 g/mol. The van der Waals surface area contributed by atoms with E-state index in [0.29, 0.717) is 35.6 Å². The second-order valence-corrected chi connectivity index (χ2v) is 9.54. The molecule has 8 nitrogen and oxygen atoms in total. The summed E-state index contributed by atoms with van der Waals surface area (Å²) >= 11 is 0. The van der Waals surface area contributed by atoms with E-state index in [2.05, 4.69) is 25.6 Å². The number of aryl methyl sites for hydroxylation is 1. The molecule has 4 rings (SSSR count). The van der Waals surface area contributed by atoms with E-state index < -0.39 is 17.2 Å². The van der Waals surface area contributed by atoms with Gasteiger partial charge in [-0.1, -0.05) is 11.6 Å². The highest BCUT2D eigenvalue weighted by Crippen LogP contribution is 2.49. The molecule has 1 saturated carbocycles. The number of ketones is 2. The molecule has 1 fully saturated rings. The van der Waals surface area contributed by atoms with Gasteiger partial charge in [0.05, 0.1) is 52.8 Å². The Kier molecular flexibility index (Phi) is 7.56. The predicted octanol–water partition coefficient (Wildman–Crippen LogP) is 4.74. The molecule has 3 aromatic rings. The Morgan fingerprint density at radius 2 is 1.71 bits per heavy atom. The van der Waals surface area contributed by atoms with Crippen molar-refractivity contribution < 1.29 is 27.6 Å². The van der Waals surface area contributed by atoms with Crippen molar-refractivity contribution in [3.63, 3.8) is 0 Å². The number of alkyl halides is 3. The average molecular weight is 526 g/mol. The Labute approximate surface area is 217 Å². The van der Waals surface area contributed by atoms with Crippen LogP contribution in [-0.4, -0.2) is 32.4 Å². The van der Waals surface area contributed by atoms with E-state index in [-0.39, 0.29) is 48.1 Å². The van der Waals surface area contributed by atoms with Crippen LogP contribution < -0.4 is 10.6 Å². The standard InChI is InChI=1S/C27H26F3N5O3/c1-16-3-6-22(21(9-16)27(28,29)30)35-20-5-4-19(31-15-20)14-34-25(38)26(7-8-26)11-23(37)18-12-32-24(33-13-18)10-17(2)36/h3-6,9,12-13,15,35H,7-8,10-11,14H2,1-2H3,(H,34,38). The maximum Gasteiger partial charge on any atom is 0.418 e. The fourth-order valence-electron chi connectivity index (χ4n) is 3.98. The van der Waals surface area contributed by atoms with Gasteiger partial charge in [-0.2, -0.15) is 13.2 Å². The zero-order chi connectivity index (χ0) is 27.5. The van der Waals surface area contributed by atoms with Gasteiger partial charge in [0, 0.05) is 18.8 Å².